The summed E-state index contributed by atoms with van der Waals surface area (Å²) in [5.41, 5.74) is 1.99. The Labute approximate surface area is 208 Å². The van der Waals surface area contributed by atoms with Gasteiger partial charge in [-0.15, -0.1) is 11.3 Å². The average Bonchev–Trinajstić information content (AvgIpc) is 3.58. The second-order valence-electron chi connectivity index (χ2n) is 8.71. The van der Waals surface area contributed by atoms with Crippen LogP contribution < -0.4 is 15.6 Å². The molecular weight excluding hydrogens is 460 g/mol. The number of methoxy groups -OCH3 is 1. The van der Waals surface area contributed by atoms with Crippen LogP contribution in [0.5, 0.6) is 5.75 Å². The number of aromatic nitrogens is 2. The van der Waals surface area contributed by atoms with Gasteiger partial charge in [-0.05, 0) is 55.3 Å². The smallest absolute Gasteiger partial charge is 0.262 e. The highest BCUT2D eigenvalue weighted by molar-refractivity contribution is 7.21. The number of benzene rings is 2. The minimum absolute atomic E-state index is 0.0619. The lowest BCUT2D eigenvalue weighted by molar-refractivity contribution is -0.122. The molecule has 1 saturated heterocycles. The van der Waals surface area contributed by atoms with Crippen molar-refractivity contribution in [3.05, 3.63) is 82.9 Å². The Morgan fingerprint density at radius 1 is 1.11 bits per heavy atom. The molecule has 8 heteroatoms. The summed E-state index contributed by atoms with van der Waals surface area (Å²) in [5.74, 6) is 0.605. The lowest BCUT2D eigenvalue weighted by atomic mass is 10.1. The van der Waals surface area contributed by atoms with Crippen molar-refractivity contribution < 1.29 is 9.53 Å². The van der Waals surface area contributed by atoms with E-state index in [1.165, 1.54) is 22.2 Å². The van der Waals surface area contributed by atoms with Gasteiger partial charge >= 0.3 is 0 Å². The molecule has 0 bridgehead atoms. The maximum Gasteiger partial charge on any atom is 0.262 e. The van der Waals surface area contributed by atoms with Crippen LogP contribution in [0.4, 0.5) is 0 Å². The molecule has 7 nitrogen and oxygen atoms in total. The number of hydrogen-bond donors (Lipinski definition) is 1. The van der Waals surface area contributed by atoms with E-state index in [4.69, 9.17) is 4.74 Å². The number of amides is 1. The molecule has 5 rings (SSSR count). The predicted molar refractivity (Wildman–Crippen MR) is 139 cm³/mol. The summed E-state index contributed by atoms with van der Waals surface area (Å²) in [7, 11) is 1.65. The molecule has 2 aromatic heterocycles. The van der Waals surface area contributed by atoms with Crippen molar-refractivity contribution in [2.45, 2.75) is 25.4 Å². The lowest BCUT2D eigenvalue weighted by Gasteiger charge is -2.28. The number of rotatable bonds is 8. The molecule has 0 spiro atoms. The van der Waals surface area contributed by atoms with Gasteiger partial charge < -0.3 is 10.1 Å². The summed E-state index contributed by atoms with van der Waals surface area (Å²) in [6, 6.07) is 19.9. The number of thiophene rings is 1. The minimum Gasteiger partial charge on any atom is -0.497 e. The molecular formula is C27H28N4O3S. The van der Waals surface area contributed by atoms with Gasteiger partial charge in [-0.3, -0.25) is 19.1 Å². The van der Waals surface area contributed by atoms with Crippen LogP contribution in [0.3, 0.4) is 0 Å². The van der Waals surface area contributed by atoms with Gasteiger partial charge in [0.25, 0.3) is 5.56 Å². The Balaban J connectivity index is 1.30. The number of hydrogen-bond acceptors (Lipinski definition) is 6. The van der Waals surface area contributed by atoms with Gasteiger partial charge in [0, 0.05) is 11.4 Å². The van der Waals surface area contributed by atoms with Crippen molar-refractivity contribution in [1.29, 1.82) is 0 Å². The molecule has 4 aromatic rings. The molecule has 0 saturated carbocycles. The van der Waals surface area contributed by atoms with Crippen molar-refractivity contribution >= 4 is 27.5 Å². The zero-order valence-corrected chi connectivity index (χ0v) is 20.5. The first kappa shape index (κ1) is 23.3. The van der Waals surface area contributed by atoms with Crippen LogP contribution in [0.15, 0.2) is 71.8 Å². The molecule has 0 radical (unpaired) electrons. The highest BCUT2D eigenvalue weighted by Crippen LogP contribution is 2.30. The van der Waals surface area contributed by atoms with Crippen molar-refractivity contribution in [3.63, 3.8) is 0 Å². The summed E-state index contributed by atoms with van der Waals surface area (Å²) in [5, 5.41) is 3.58. The molecule has 35 heavy (non-hydrogen) atoms. The Bertz CT molecular complexity index is 1360. The largest absolute Gasteiger partial charge is 0.497 e. The van der Waals surface area contributed by atoms with Gasteiger partial charge in [0.05, 0.1) is 24.9 Å². The number of nitrogens with zero attached hydrogens (tertiary/aromatic N) is 3. The monoisotopic (exact) mass is 488 g/mol. The maximum atomic E-state index is 13.1. The Kier molecular flexibility index (Phi) is 6.92. The molecule has 3 heterocycles. The molecule has 1 atom stereocenters. The van der Waals surface area contributed by atoms with E-state index >= 15 is 0 Å². The summed E-state index contributed by atoms with van der Waals surface area (Å²) >= 11 is 1.48. The third kappa shape index (κ3) is 5.13. The second kappa shape index (κ2) is 10.4. The van der Waals surface area contributed by atoms with E-state index in [0.29, 0.717) is 16.8 Å². The second-order valence-corrected chi connectivity index (χ2v) is 9.74. The summed E-state index contributed by atoms with van der Waals surface area (Å²) in [4.78, 5) is 34.4. The number of likely N-dealkylation sites (tertiary alicyclic amines) is 1. The Morgan fingerprint density at radius 2 is 1.86 bits per heavy atom. The summed E-state index contributed by atoms with van der Waals surface area (Å²) in [6.07, 6.45) is 3.79. The molecule has 1 amide bonds. The highest BCUT2D eigenvalue weighted by atomic mass is 32.1. The summed E-state index contributed by atoms with van der Waals surface area (Å²) < 4.78 is 6.67. The predicted octanol–water partition coefficient (Wildman–Crippen LogP) is 4.09. The normalized spacial score (nSPS) is 14.8. The van der Waals surface area contributed by atoms with E-state index in [1.807, 2.05) is 48.5 Å². The van der Waals surface area contributed by atoms with Gasteiger partial charge in [-0.25, -0.2) is 4.98 Å². The summed E-state index contributed by atoms with van der Waals surface area (Å²) in [6.45, 7) is 2.43. The van der Waals surface area contributed by atoms with Crippen LogP contribution in [0.25, 0.3) is 20.7 Å². The van der Waals surface area contributed by atoms with E-state index in [9.17, 15) is 9.59 Å². The van der Waals surface area contributed by atoms with Gasteiger partial charge in [0.2, 0.25) is 5.91 Å². The minimum atomic E-state index is -0.204. The lowest BCUT2D eigenvalue weighted by Crippen LogP contribution is -2.39. The van der Waals surface area contributed by atoms with Crippen molar-refractivity contribution in [2.24, 2.45) is 0 Å². The van der Waals surface area contributed by atoms with E-state index in [1.54, 1.807) is 7.11 Å². The van der Waals surface area contributed by atoms with E-state index < -0.39 is 0 Å². The first-order chi connectivity index (χ1) is 17.1. The molecule has 180 valence electrons. The Hall–Kier alpha value is -3.49. The van der Waals surface area contributed by atoms with E-state index in [-0.39, 0.29) is 24.1 Å². The maximum absolute atomic E-state index is 13.1. The SMILES string of the molecule is COc1ccc([C@@H](CNC(=O)Cn2cnc3sc(-c4ccccc4)cc3c2=O)N2CCCC2)cc1. The van der Waals surface area contributed by atoms with Crippen molar-refractivity contribution in [3.8, 4) is 16.2 Å². The fourth-order valence-electron chi connectivity index (χ4n) is 4.58. The number of carbonyl (C=O) groups is 1. The first-order valence-electron chi connectivity index (χ1n) is 11.8. The molecule has 2 aromatic carbocycles. The molecule has 1 aliphatic rings. The van der Waals surface area contributed by atoms with E-state index in [0.717, 1.165) is 47.7 Å². The highest BCUT2D eigenvalue weighted by Gasteiger charge is 2.24. The standard InChI is InChI=1S/C27H28N4O3S/c1-34-21-11-9-19(10-12-21)23(30-13-5-6-14-30)16-28-25(32)17-31-18-29-26-22(27(31)33)15-24(35-26)20-7-3-2-4-8-20/h2-4,7-12,15,18,23H,5-6,13-14,16-17H2,1H3,(H,28,32)/t23-/m1/s1. The molecule has 0 aliphatic carbocycles. The zero-order chi connectivity index (χ0) is 24.2. The van der Waals surface area contributed by atoms with Crippen LogP contribution in [0.1, 0.15) is 24.4 Å². The fraction of sp³-hybridized carbons (Fsp3) is 0.296. The first-order valence-corrected chi connectivity index (χ1v) is 12.6. The zero-order valence-electron chi connectivity index (χ0n) is 19.6. The van der Waals surface area contributed by atoms with Crippen molar-refractivity contribution in [1.82, 2.24) is 19.8 Å². The number of nitrogens with one attached hydrogen (secondary N) is 1. The third-order valence-corrected chi connectivity index (χ3v) is 7.56. The van der Waals surface area contributed by atoms with Gasteiger partial charge in [0.1, 0.15) is 17.1 Å². The number of fused-ring (bicyclic) bond motifs is 1. The molecule has 0 unspecified atom stereocenters. The van der Waals surface area contributed by atoms with Crippen LogP contribution in [0.2, 0.25) is 0 Å². The topological polar surface area (TPSA) is 76.5 Å². The Morgan fingerprint density at radius 3 is 2.57 bits per heavy atom. The molecule has 1 fully saturated rings. The fourth-order valence-corrected chi connectivity index (χ4v) is 5.57. The average molecular weight is 489 g/mol. The van der Waals surface area contributed by atoms with Crippen LogP contribution >= 0.6 is 11.3 Å². The third-order valence-electron chi connectivity index (χ3n) is 6.46. The van der Waals surface area contributed by atoms with Gasteiger partial charge in [-0.1, -0.05) is 42.5 Å². The van der Waals surface area contributed by atoms with Crippen LogP contribution in [-0.4, -0.2) is 47.1 Å². The number of ether oxygens (including phenoxy) is 1. The van der Waals surface area contributed by atoms with Crippen LogP contribution in [0, 0.1) is 0 Å². The number of carbonyl (C=O) groups excluding carboxylic acids is 1. The van der Waals surface area contributed by atoms with Gasteiger partial charge in [-0.2, -0.15) is 0 Å². The molecule has 1 N–H and O–H groups in total. The quantitative estimate of drug-likeness (QED) is 0.404. The van der Waals surface area contributed by atoms with Crippen molar-refractivity contribution in [2.75, 3.05) is 26.7 Å². The van der Waals surface area contributed by atoms with Gasteiger partial charge in [0.15, 0.2) is 0 Å². The molecule has 1 aliphatic heterocycles. The van der Waals surface area contributed by atoms with Crippen LogP contribution in [-0.2, 0) is 11.3 Å². The van der Waals surface area contributed by atoms with E-state index in [2.05, 4.69) is 27.3 Å².